The van der Waals surface area contributed by atoms with Crippen LogP contribution in [0.1, 0.15) is 58.1 Å². The first-order valence-electron chi connectivity index (χ1n) is 8.28. The maximum Gasteiger partial charge on any atom is 0.315 e. The Morgan fingerprint density at radius 2 is 1.95 bits per heavy atom. The van der Waals surface area contributed by atoms with Gasteiger partial charge in [0.25, 0.3) is 0 Å². The third-order valence-corrected chi connectivity index (χ3v) is 4.66. The van der Waals surface area contributed by atoms with Crippen molar-refractivity contribution in [3.8, 4) is 0 Å². The molecule has 4 nitrogen and oxygen atoms in total. The Kier molecular flexibility index (Phi) is 6.26. The van der Waals surface area contributed by atoms with Crippen LogP contribution in [0.25, 0.3) is 0 Å². The van der Waals surface area contributed by atoms with Crippen molar-refractivity contribution in [3.05, 3.63) is 22.4 Å². The molecule has 1 fully saturated rings. The molecule has 0 saturated carbocycles. The van der Waals surface area contributed by atoms with Crippen molar-refractivity contribution in [1.29, 1.82) is 0 Å². The summed E-state index contributed by atoms with van der Waals surface area (Å²) >= 11 is 1.73. The second-order valence-corrected chi connectivity index (χ2v) is 7.89. The second-order valence-electron chi connectivity index (χ2n) is 7.11. The van der Waals surface area contributed by atoms with Gasteiger partial charge >= 0.3 is 6.03 Å². The van der Waals surface area contributed by atoms with E-state index in [0.29, 0.717) is 6.54 Å². The topological polar surface area (TPSA) is 44.4 Å². The fourth-order valence-corrected chi connectivity index (χ4v) is 3.61. The molecule has 1 aliphatic rings. The van der Waals surface area contributed by atoms with Crippen LogP contribution in [0.15, 0.2) is 16.8 Å². The number of urea groups is 1. The molecule has 0 aromatic carbocycles. The third-order valence-electron chi connectivity index (χ3n) is 3.95. The van der Waals surface area contributed by atoms with Crippen molar-refractivity contribution in [1.82, 2.24) is 15.5 Å². The summed E-state index contributed by atoms with van der Waals surface area (Å²) < 4.78 is 0. The van der Waals surface area contributed by atoms with Gasteiger partial charge < -0.3 is 10.6 Å². The zero-order valence-electron chi connectivity index (χ0n) is 14.0. The van der Waals surface area contributed by atoms with E-state index in [1.54, 1.807) is 11.3 Å². The lowest BCUT2D eigenvalue weighted by Gasteiger charge is -2.31. The van der Waals surface area contributed by atoms with E-state index in [9.17, 15) is 4.79 Å². The number of carbonyl (C=O) groups is 1. The number of hydrogen-bond donors (Lipinski definition) is 2. The van der Waals surface area contributed by atoms with Gasteiger partial charge in [-0.2, -0.15) is 11.3 Å². The van der Waals surface area contributed by atoms with Gasteiger partial charge in [0, 0.05) is 12.1 Å². The highest BCUT2D eigenvalue weighted by Gasteiger charge is 2.23. The quantitative estimate of drug-likeness (QED) is 0.886. The summed E-state index contributed by atoms with van der Waals surface area (Å²) in [6.07, 6.45) is 5.17. The van der Waals surface area contributed by atoms with Gasteiger partial charge in [-0.1, -0.05) is 12.8 Å². The molecule has 2 amide bonds. The minimum absolute atomic E-state index is 0.0810. The Morgan fingerprint density at radius 3 is 2.50 bits per heavy atom. The monoisotopic (exact) mass is 323 g/mol. The molecule has 5 heteroatoms. The molecule has 2 rings (SSSR count). The first kappa shape index (κ1) is 17.3. The number of carbonyl (C=O) groups excluding carboxylic acids is 1. The van der Waals surface area contributed by atoms with E-state index in [0.717, 1.165) is 13.1 Å². The summed E-state index contributed by atoms with van der Waals surface area (Å²) in [5, 5.41) is 10.4. The molecule has 0 unspecified atom stereocenters. The van der Waals surface area contributed by atoms with Crippen molar-refractivity contribution >= 4 is 17.4 Å². The summed E-state index contributed by atoms with van der Waals surface area (Å²) in [5.41, 5.74) is 1.12. The maximum absolute atomic E-state index is 12.0. The number of hydrogen-bond acceptors (Lipinski definition) is 3. The summed E-state index contributed by atoms with van der Waals surface area (Å²) in [6.45, 7) is 8.91. The lowest BCUT2D eigenvalue weighted by Crippen LogP contribution is -2.48. The Labute approximate surface area is 138 Å². The van der Waals surface area contributed by atoms with Crippen LogP contribution in [0, 0.1) is 0 Å². The molecular weight excluding hydrogens is 294 g/mol. The number of thiophene rings is 1. The van der Waals surface area contributed by atoms with Gasteiger partial charge in [-0.25, -0.2) is 4.79 Å². The van der Waals surface area contributed by atoms with Gasteiger partial charge in [0.1, 0.15) is 0 Å². The Hall–Kier alpha value is -1.07. The standard InChI is InChI=1S/C17H29N3OS/c1-17(2,3)19-16(21)18-12-15(14-8-11-22-13-14)20-9-6-4-5-7-10-20/h8,11,13,15H,4-7,9-10,12H2,1-3H3,(H2,18,19,21)/t15-/m1/s1. The first-order valence-corrected chi connectivity index (χ1v) is 9.22. The molecule has 1 aromatic rings. The molecule has 22 heavy (non-hydrogen) atoms. The van der Waals surface area contributed by atoms with Gasteiger partial charge in [-0.3, -0.25) is 4.90 Å². The predicted molar refractivity (Wildman–Crippen MR) is 93.4 cm³/mol. The molecule has 1 aromatic heterocycles. The third kappa shape index (κ3) is 5.61. The van der Waals surface area contributed by atoms with E-state index in [4.69, 9.17) is 0 Å². The van der Waals surface area contributed by atoms with E-state index in [2.05, 4.69) is 32.4 Å². The lowest BCUT2D eigenvalue weighted by atomic mass is 10.1. The van der Waals surface area contributed by atoms with Crippen molar-refractivity contribution in [2.45, 2.75) is 58.0 Å². The zero-order valence-corrected chi connectivity index (χ0v) is 14.8. The number of likely N-dealkylation sites (tertiary alicyclic amines) is 1. The number of nitrogens with one attached hydrogen (secondary N) is 2. The van der Waals surface area contributed by atoms with Crippen LogP contribution in [0.5, 0.6) is 0 Å². The van der Waals surface area contributed by atoms with Gasteiger partial charge in [-0.05, 0) is 69.1 Å². The van der Waals surface area contributed by atoms with Gasteiger partial charge in [0.15, 0.2) is 0 Å². The number of rotatable bonds is 4. The molecule has 0 radical (unpaired) electrons. The van der Waals surface area contributed by atoms with E-state index >= 15 is 0 Å². The fraction of sp³-hybridized carbons (Fsp3) is 0.706. The zero-order chi connectivity index (χ0) is 16.0. The highest BCUT2D eigenvalue weighted by atomic mass is 32.1. The Balaban J connectivity index is 1.97. The van der Waals surface area contributed by atoms with E-state index in [1.807, 2.05) is 20.8 Å². The molecule has 1 aliphatic heterocycles. The average Bonchev–Trinajstić information content (AvgIpc) is 2.80. The maximum atomic E-state index is 12.0. The van der Waals surface area contributed by atoms with Crippen molar-refractivity contribution in [2.24, 2.45) is 0 Å². The van der Waals surface area contributed by atoms with Crippen molar-refractivity contribution in [3.63, 3.8) is 0 Å². The highest BCUT2D eigenvalue weighted by molar-refractivity contribution is 7.07. The molecule has 2 heterocycles. The highest BCUT2D eigenvalue weighted by Crippen LogP contribution is 2.25. The summed E-state index contributed by atoms with van der Waals surface area (Å²) in [7, 11) is 0. The van der Waals surface area contributed by atoms with E-state index in [1.165, 1.54) is 31.2 Å². The van der Waals surface area contributed by atoms with Gasteiger partial charge in [0.05, 0.1) is 6.04 Å². The predicted octanol–water partition coefficient (Wildman–Crippen LogP) is 3.76. The normalized spacial score (nSPS) is 18.5. The molecule has 0 bridgehead atoms. The molecular formula is C17H29N3OS. The summed E-state index contributed by atoms with van der Waals surface area (Å²) in [6, 6.07) is 2.39. The first-order chi connectivity index (χ1) is 10.5. The fourth-order valence-electron chi connectivity index (χ4n) is 2.90. The molecule has 1 atom stereocenters. The molecule has 124 valence electrons. The van der Waals surface area contributed by atoms with Crippen LogP contribution >= 0.6 is 11.3 Å². The van der Waals surface area contributed by atoms with Crippen molar-refractivity contribution in [2.75, 3.05) is 19.6 Å². The molecule has 1 saturated heterocycles. The number of amides is 2. The van der Waals surface area contributed by atoms with Crippen LogP contribution in [0.4, 0.5) is 4.79 Å². The Bertz CT molecular complexity index is 445. The Morgan fingerprint density at radius 1 is 1.27 bits per heavy atom. The van der Waals surface area contributed by atoms with Gasteiger partial charge in [-0.15, -0.1) is 0 Å². The van der Waals surface area contributed by atoms with Crippen LogP contribution in [-0.4, -0.2) is 36.1 Å². The average molecular weight is 324 g/mol. The minimum atomic E-state index is -0.204. The summed E-state index contributed by atoms with van der Waals surface area (Å²) in [4.78, 5) is 14.6. The molecule has 0 spiro atoms. The molecule has 2 N–H and O–H groups in total. The van der Waals surface area contributed by atoms with Crippen LogP contribution in [-0.2, 0) is 0 Å². The lowest BCUT2D eigenvalue weighted by molar-refractivity contribution is 0.194. The number of nitrogens with zero attached hydrogens (tertiary/aromatic N) is 1. The van der Waals surface area contributed by atoms with Gasteiger partial charge in [0.2, 0.25) is 0 Å². The van der Waals surface area contributed by atoms with Crippen LogP contribution in [0.3, 0.4) is 0 Å². The van der Waals surface area contributed by atoms with E-state index < -0.39 is 0 Å². The van der Waals surface area contributed by atoms with E-state index in [-0.39, 0.29) is 17.6 Å². The second kappa shape index (κ2) is 7.97. The minimum Gasteiger partial charge on any atom is -0.336 e. The van der Waals surface area contributed by atoms with Crippen LogP contribution < -0.4 is 10.6 Å². The largest absolute Gasteiger partial charge is 0.336 e. The summed E-state index contributed by atoms with van der Waals surface area (Å²) in [5.74, 6) is 0. The smallest absolute Gasteiger partial charge is 0.315 e. The SMILES string of the molecule is CC(C)(C)NC(=O)NC[C@H](c1ccsc1)N1CCCCCC1. The molecule has 0 aliphatic carbocycles. The van der Waals surface area contributed by atoms with Crippen molar-refractivity contribution < 1.29 is 4.79 Å². The van der Waals surface area contributed by atoms with Crippen LogP contribution in [0.2, 0.25) is 0 Å².